The Morgan fingerprint density at radius 1 is 0.824 bits per heavy atom. The molecule has 0 saturated carbocycles. The van der Waals surface area contributed by atoms with Gasteiger partial charge in [0, 0.05) is 13.1 Å². The van der Waals surface area contributed by atoms with Gasteiger partial charge in [0.1, 0.15) is 0 Å². The molecule has 0 atom stereocenters. The Kier molecular flexibility index (Phi) is 4.56. The third kappa shape index (κ3) is 4.25. The Balaban J connectivity index is 1.72. The van der Waals surface area contributed by atoms with E-state index in [4.69, 9.17) is 0 Å². The minimum atomic E-state index is 0.893. The van der Waals surface area contributed by atoms with Gasteiger partial charge in [-0.15, -0.1) is 0 Å². The van der Waals surface area contributed by atoms with E-state index in [1.165, 1.54) is 11.1 Å². The highest BCUT2D eigenvalue weighted by atomic mass is 14.8. The van der Waals surface area contributed by atoms with E-state index in [0.717, 1.165) is 13.1 Å². The lowest BCUT2D eigenvalue weighted by atomic mass is 10.2. The van der Waals surface area contributed by atoms with Crippen LogP contribution in [0.2, 0.25) is 0 Å². The number of hydrogen-bond acceptors (Lipinski definition) is 1. The number of rotatable bonds is 5. The van der Waals surface area contributed by atoms with Crippen molar-refractivity contribution in [2.45, 2.75) is 6.54 Å². The summed E-state index contributed by atoms with van der Waals surface area (Å²) >= 11 is 0. The van der Waals surface area contributed by atoms with Crippen molar-refractivity contribution in [3.63, 3.8) is 0 Å². The molecule has 1 heteroatoms. The van der Waals surface area contributed by atoms with Gasteiger partial charge in [-0.25, -0.2) is 0 Å². The van der Waals surface area contributed by atoms with Gasteiger partial charge >= 0.3 is 0 Å². The second kappa shape index (κ2) is 6.66. The molecule has 0 saturated heterocycles. The first-order chi connectivity index (χ1) is 8.45. The Morgan fingerprint density at radius 3 is 2.18 bits per heavy atom. The molecule has 0 aliphatic rings. The van der Waals surface area contributed by atoms with Gasteiger partial charge in [0.05, 0.1) is 0 Å². The van der Waals surface area contributed by atoms with Gasteiger partial charge in [0.15, 0.2) is 0 Å². The van der Waals surface area contributed by atoms with Crippen LogP contribution in [-0.2, 0) is 6.54 Å². The molecule has 0 aliphatic heterocycles. The average Bonchev–Trinajstić information content (AvgIpc) is 2.41. The maximum Gasteiger partial charge on any atom is 0.0208 e. The highest BCUT2D eigenvalue weighted by Crippen LogP contribution is 2.00. The normalized spacial score (nSPS) is 10.8. The van der Waals surface area contributed by atoms with Crippen molar-refractivity contribution in [3.8, 4) is 0 Å². The molecule has 0 aromatic heterocycles. The predicted octanol–water partition coefficient (Wildman–Crippen LogP) is 3.49. The van der Waals surface area contributed by atoms with E-state index in [1.807, 2.05) is 12.1 Å². The molecule has 2 aromatic carbocycles. The molecule has 0 heterocycles. The summed E-state index contributed by atoms with van der Waals surface area (Å²) in [6.45, 7) is 1.81. The molecule has 2 rings (SSSR count). The molecule has 1 N–H and O–H groups in total. The van der Waals surface area contributed by atoms with Gasteiger partial charge in [-0.05, 0) is 11.1 Å². The number of nitrogens with one attached hydrogen (secondary N) is 1. The maximum absolute atomic E-state index is 3.39. The first kappa shape index (κ1) is 11.6. The molecule has 0 fully saturated rings. The van der Waals surface area contributed by atoms with E-state index in [0.29, 0.717) is 0 Å². The fourth-order valence-corrected chi connectivity index (χ4v) is 1.65. The largest absolute Gasteiger partial charge is 0.309 e. The van der Waals surface area contributed by atoms with Crippen LogP contribution in [0.15, 0.2) is 66.7 Å². The van der Waals surface area contributed by atoms with Crippen molar-refractivity contribution in [2.24, 2.45) is 0 Å². The highest BCUT2D eigenvalue weighted by molar-refractivity contribution is 5.48. The van der Waals surface area contributed by atoms with Gasteiger partial charge in [0.25, 0.3) is 0 Å². The zero-order valence-corrected chi connectivity index (χ0v) is 9.84. The first-order valence-corrected chi connectivity index (χ1v) is 5.91. The average molecular weight is 223 g/mol. The zero-order valence-electron chi connectivity index (χ0n) is 9.84. The Hall–Kier alpha value is -1.86. The van der Waals surface area contributed by atoms with Crippen LogP contribution in [0.25, 0.3) is 6.08 Å². The molecule has 0 unspecified atom stereocenters. The summed E-state index contributed by atoms with van der Waals surface area (Å²) in [6, 6.07) is 20.8. The van der Waals surface area contributed by atoms with Crippen molar-refractivity contribution in [1.82, 2.24) is 5.32 Å². The molecular formula is C16H17N. The van der Waals surface area contributed by atoms with E-state index in [9.17, 15) is 0 Å². The van der Waals surface area contributed by atoms with E-state index in [1.54, 1.807) is 0 Å². The lowest BCUT2D eigenvalue weighted by Gasteiger charge is -2.01. The molecule has 2 aromatic rings. The lowest BCUT2D eigenvalue weighted by molar-refractivity contribution is 0.761. The standard InChI is InChI=1S/C16H17N/c1-3-8-15(9-4-1)12-7-13-17-14-16-10-5-2-6-11-16/h1-12,17H,13-14H2. The van der Waals surface area contributed by atoms with E-state index < -0.39 is 0 Å². The maximum atomic E-state index is 3.39. The van der Waals surface area contributed by atoms with Crippen LogP contribution >= 0.6 is 0 Å². The predicted molar refractivity (Wildman–Crippen MR) is 73.6 cm³/mol. The smallest absolute Gasteiger partial charge is 0.0208 e. The van der Waals surface area contributed by atoms with E-state index in [2.05, 4.69) is 66.0 Å². The van der Waals surface area contributed by atoms with Crippen LogP contribution in [-0.4, -0.2) is 6.54 Å². The second-order valence-electron chi connectivity index (χ2n) is 3.93. The van der Waals surface area contributed by atoms with Crippen LogP contribution in [0.5, 0.6) is 0 Å². The van der Waals surface area contributed by atoms with Crippen LogP contribution < -0.4 is 5.32 Å². The van der Waals surface area contributed by atoms with E-state index in [-0.39, 0.29) is 0 Å². The van der Waals surface area contributed by atoms with Gasteiger partial charge in [-0.1, -0.05) is 72.8 Å². The van der Waals surface area contributed by atoms with Crippen molar-refractivity contribution in [1.29, 1.82) is 0 Å². The minimum absolute atomic E-state index is 0.893. The lowest BCUT2D eigenvalue weighted by Crippen LogP contribution is -2.12. The fraction of sp³-hybridized carbons (Fsp3) is 0.125. The quantitative estimate of drug-likeness (QED) is 0.765. The topological polar surface area (TPSA) is 12.0 Å². The first-order valence-electron chi connectivity index (χ1n) is 5.91. The van der Waals surface area contributed by atoms with Gasteiger partial charge in [-0.2, -0.15) is 0 Å². The molecule has 0 bridgehead atoms. The monoisotopic (exact) mass is 223 g/mol. The van der Waals surface area contributed by atoms with Crippen molar-refractivity contribution in [3.05, 3.63) is 77.9 Å². The van der Waals surface area contributed by atoms with Crippen LogP contribution in [0, 0.1) is 0 Å². The van der Waals surface area contributed by atoms with Crippen LogP contribution in [0.4, 0.5) is 0 Å². The zero-order chi connectivity index (χ0) is 11.8. The second-order valence-corrected chi connectivity index (χ2v) is 3.93. The molecule has 1 nitrogen and oxygen atoms in total. The third-order valence-corrected chi connectivity index (χ3v) is 2.54. The van der Waals surface area contributed by atoms with Gasteiger partial charge < -0.3 is 5.32 Å². The highest BCUT2D eigenvalue weighted by Gasteiger charge is 1.88. The SMILES string of the molecule is C(=Cc1ccccc1)CNCc1ccccc1. The summed E-state index contributed by atoms with van der Waals surface area (Å²) in [7, 11) is 0. The molecular weight excluding hydrogens is 206 g/mol. The van der Waals surface area contributed by atoms with Gasteiger partial charge in [0.2, 0.25) is 0 Å². The number of benzene rings is 2. The summed E-state index contributed by atoms with van der Waals surface area (Å²) in [5, 5.41) is 3.39. The van der Waals surface area contributed by atoms with Crippen LogP contribution in [0.1, 0.15) is 11.1 Å². The summed E-state index contributed by atoms with van der Waals surface area (Å²) < 4.78 is 0. The van der Waals surface area contributed by atoms with E-state index >= 15 is 0 Å². The minimum Gasteiger partial charge on any atom is -0.309 e. The molecule has 17 heavy (non-hydrogen) atoms. The van der Waals surface area contributed by atoms with Crippen molar-refractivity contribution in [2.75, 3.05) is 6.54 Å². The fourth-order valence-electron chi connectivity index (χ4n) is 1.65. The molecule has 0 radical (unpaired) electrons. The summed E-state index contributed by atoms with van der Waals surface area (Å²) in [4.78, 5) is 0. The van der Waals surface area contributed by atoms with Crippen molar-refractivity contribution < 1.29 is 0 Å². The number of hydrogen-bond donors (Lipinski definition) is 1. The molecule has 0 amide bonds. The molecule has 86 valence electrons. The van der Waals surface area contributed by atoms with Crippen LogP contribution in [0.3, 0.4) is 0 Å². The van der Waals surface area contributed by atoms with Gasteiger partial charge in [-0.3, -0.25) is 0 Å². The molecule has 0 aliphatic carbocycles. The Labute approximate surface area is 103 Å². The molecule has 0 spiro atoms. The third-order valence-electron chi connectivity index (χ3n) is 2.54. The summed E-state index contributed by atoms with van der Waals surface area (Å²) in [5.41, 5.74) is 2.56. The Morgan fingerprint density at radius 2 is 1.47 bits per heavy atom. The summed E-state index contributed by atoms with van der Waals surface area (Å²) in [6.07, 6.45) is 4.29. The summed E-state index contributed by atoms with van der Waals surface area (Å²) in [5.74, 6) is 0. The van der Waals surface area contributed by atoms with Crippen molar-refractivity contribution >= 4 is 6.08 Å². The Bertz CT molecular complexity index is 445.